The molecule has 7 heteroatoms. The highest BCUT2D eigenvalue weighted by Crippen LogP contribution is 2.36. The van der Waals surface area contributed by atoms with E-state index in [-0.39, 0.29) is 0 Å². The molecule has 0 unspecified atom stereocenters. The Bertz CT molecular complexity index is 835. The van der Waals surface area contributed by atoms with Crippen molar-refractivity contribution in [3.63, 3.8) is 0 Å². The van der Waals surface area contributed by atoms with Crippen LogP contribution in [0.3, 0.4) is 0 Å². The van der Waals surface area contributed by atoms with E-state index < -0.39 is 0 Å². The molecule has 0 radical (unpaired) electrons. The van der Waals surface area contributed by atoms with Crippen LogP contribution in [0, 0.1) is 0 Å². The van der Waals surface area contributed by atoms with Gasteiger partial charge >= 0.3 is 0 Å². The molecule has 3 aromatic rings. The second-order valence-electron chi connectivity index (χ2n) is 5.14. The summed E-state index contributed by atoms with van der Waals surface area (Å²) < 4.78 is 23.1. The van der Waals surface area contributed by atoms with E-state index in [1.54, 1.807) is 0 Å². The average molecular weight is 389 g/mol. The van der Waals surface area contributed by atoms with Crippen molar-refractivity contribution in [3.05, 3.63) is 52.8 Å². The van der Waals surface area contributed by atoms with Gasteiger partial charge in [0.05, 0.1) is 0 Å². The van der Waals surface area contributed by atoms with Gasteiger partial charge < -0.3 is 18.6 Å². The number of nitrogens with zero attached hydrogens (tertiary/aromatic N) is 2. The number of halogens is 1. The molecule has 1 aliphatic heterocycles. The summed E-state index contributed by atoms with van der Waals surface area (Å²) in [5.41, 5.74) is 1.83. The van der Waals surface area contributed by atoms with Crippen molar-refractivity contribution >= 4 is 15.9 Å². The highest BCUT2D eigenvalue weighted by Gasteiger charge is 2.15. The molecule has 0 aliphatic carbocycles. The Morgan fingerprint density at radius 3 is 2.50 bits per heavy atom. The summed E-state index contributed by atoms with van der Waals surface area (Å²) >= 11 is 3.54. The molecule has 1 aromatic heterocycles. The van der Waals surface area contributed by atoms with Gasteiger partial charge in [-0.15, -0.1) is 10.2 Å². The summed E-state index contributed by atoms with van der Waals surface area (Å²) in [6.45, 7) is 1.55. The molecule has 24 heavy (non-hydrogen) atoms. The first-order chi connectivity index (χ1) is 11.8. The molecule has 0 fully saturated rings. The molecule has 2 heterocycles. The molecule has 2 aromatic carbocycles. The standard InChI is InChI=1S/C17H13BrN2O4/c18-14-8-16-15(21-5-6-22-16)7-12(14)9-23-13-3-1-11(2-4-13)17-20-19-10-24-17/h1-4,7-8,10H,5-6,9H2. The van der Waals surface area contributed by atoms with Crippen molar-refractivity contribution in [2.45, 2.75) is 6.61 Å². The highest BCUT2D eigenvalue weighted by atomic mass is 79.9. The minimum Gasteiger partial charge on any atom is -0.489 e. The normalized spacial score (nSPS) is 12.9. The maximum atomic E-state index is 5.84. The Balaban J connectivity index is 1.47. The van der Waals surface area contributed by atoms with Crippen LogP contribution in [-0.2, 0) is 6.61 Å². The summed E-state index contributed by atoms with van der Waals surface area (Å²) in [7, 11) is 0. The first kappa shape index (κ1) is 15.0. The molecule has 1 aliphatic rings. The summed E-state index contributed by atoms with van der Waals surface area (Å²) in [4.78, 5) is 0. The Labute approximate surface area is 146 Å². The van der Waals surface area contributed by atoms with E-state index in [1.807, 2.05) is 36.4 Å². The number of aromatic nitrogens is 2. The van der Waals surface area contributed by atoms with Gasteiger partial charge in [0.15, 0.2) is 11.5 Å². The summed E-state index contributed by atoms with van der Waals surface area (Å²) in [5, 5.41) is 7.54. The third-order valence-corrected chi connectivity index (χ3v) is 4.31. The van der Waals surface area contributed by atoms with Gasteiger partial charge in [-0.25, -0.2) is 0 Å². The van der Waals surface area contributed by atoms with Crippen LogP contribution < -0.4 is 14.2 Å². The fourth-order valence-electron chi connectivity index (χ4n) is 2.37. The van der Waals surface area contributed by atoms with E-state index in [9.17, 15) is 0 Å². The van der Waals surface area contributed by atoms with Gasteiger partial charge in [-0.3, -0.25) is 0 Å². The van der Waals surface area contributed by atoms with Crippen LogP contribution in [0.2, 0.25) is 0 Å². The zero-order valence-electron chi connectivity index (χ0n) is 12.6. The Morgan fingerprint density at radius 1 is 1.04 bits per heavy atom. The van der Waals surface area contributed by atoms with Gasteiger partial charge in [-0.05, 0) is 36.4 Å². The maximum Gasteiger partial charge on any atom is 0.247 e. The van der Waals surface area contributed by atoms with E-state index in [1.165, 1.54) is 6.39 Å². The number of rotatable bonds is 4. The van der Waals surface area contributed by atoms with E-state index in [0.717, 1.165) is 32.8 Å². The average Bonchev–Trinajstić information content (AvgIpc) is 3.15. The molecule has 0 spiro atoms. The predicted molar refractivity (Wildman–Crippen MR) is 89.2 cm³/mol. The first-order valence-corrected chi connectivity index (χ1v) is 8.16. The predicted octanol–water partition coefficient (Wildman–Crippen LogP) is 3.85. The van der Waals surface area contributed by atoms with Gasteiger partial charge in [-0.1, -0.05) is 15.9 Å². The zero-order chi connectivity index (χ0) is 16.4. The minimum atomic E-state index is 0.414. The molecule has 0 saturated heterocycles. The number of fused-ring (bicyclic) bond motifs is 1. The van der Waals surface area contributed by atoms with Gasteiger partial charge in [0, 0.05) is 15.6 Å². The highest BCUT2D eigenvalue weighted by molar-refractivity contribution is 9.10. The lowest BCUT2D eigenvalue weighted by Crippen LogP contribution is -2.15. The van der Waals surface area contributed by atoms with Crippen LogP contribution in [-0.4, -0.2) is 23.4 Å². The minimum absolute atomic E-state index is 0.414. The SMILES string of the molecule is Brc1cc2c(cc1COc1ccc(-c3nnco3)cc1)OCCO2. The monoisotopic (exact) mass is 388 g/mol. The van der Waals surface area contributed by atoms with E-state index in [4.69, 9.17) is 18.6 Å². The van der Waals surface area contributed by atoms with Gasteiger partial charge in [-0.2, -0.15) is 0 Å². The van der Waals surface area contributed by atoms with Crippen molar-refractivity contribution in [1.82, 2.24) is 10.2 Å². The van der Waals surface area contributed by atoms with Crippen LogP contribution in [0.4, 0.5) is 0 Å². The Morgan fingerprint density at radius 2 is 1.79 bits per heavy atom. The zero-order valence-corrected chi connectivity index (χ0v) is 14.2. The molecule has 0 atom stereocenters. The molecule has 122 valence electrons. The molecular formula is C17H13BrN2O4. The third-order valence-electron chi connectivity index (χ3n) is 3.57. The first-order valence-electron chi connectivity index (χ1n) is 7.37. The van der Waals surface area contributed by atoms with E-state index in [2.05, 4.69) is 26.1 Å². The molecule has 4 rings (SSSR count). The summed E-state index contributed by atoms with van der Waals surface area (Å²) in [6.07, 6.45) is 1.30. The van der Waals surface area contributed by atoms with Crippen molar-refractivity contribution in [3.8, 4) is 28.7 Å². The van der Waals surface area contributed by atoms with Crippen LogP contribution in [0.15, 0.2) is 51.7 Å². The lowest BCUT2D eigenvalue weighted by Gasteiger charge is -2.20. The second-order valence-corrected chi connectivity index (χ2v) is 6.00. The van der Waals surface area contributed by atoms with Crippen LogP contribution in [0.5, 0.6) is 17.2 Å². The fraction of sp³-hybridized carbons (Fsp3) is 0.176. The molecule has 0 amide bonds. The number of hydrogen-bond donors (Lipinski definition) is 0. The van der Waals surface area contributed by atoms with Crippen LogP contribution >= 0.6 is 15.9 Å². The topological polar surface area (TPSA) is 66.6 Å². The van der Waals surface area contributed by atoms with Crippen molar-refractivity contribution in [2.24, 2.45) is 0 Å². The molecule has 0 saturated carbocycles. The quantitative estimate of drug-likeness (QED) is 0.676. The summed E-state index contributed by atoms with van der Waals surface area (Å²) in [5.74, 6) is 2.73. The fourth-order valence-corrected chi connectivity index (χ4v) is 2.81. The number of hydrogen-bond acceptors (Lipinski definition) is 6. The van der Waals surface area contributed by atoms with E-state index in [0.29, 0.717) is 25.7 Å². The smallest absolute Gasteiger partial charge is 0.247 e. The lowest BCUT2D eigenvalue weighted by atomic mass is 10.2. The van der Waals surface area contributed by atoms with E-state index >= 15 is 0 Å². The lowest BCUT2D eigenvalue weighted by molar-refractivity contribution is 0.171. The van der Waals surface area contributed by atoms with Crippen LogP contribution in [0.1, 0.15) is 5.56 Å². The van der Waals surface area contributed by atoms with Crippen molar-refractivity contribution in [1.29, 1.82) is 0 Å². The third kappa shape index (κ3) is 3.07. The van der Waals surface area contributed by atoms with Crippen molar-refractivity contribution < 1.29 is 18.6 Å². The van der Waals surface area contributed by atoms with Gasteiger partial charge in [0.25, 0.3) is 0 Å². The number of benzene rings is 2. The largest absolute Gasteiger partial charge is 0.489 e. The van der Waals surface area contributed by atoms with Crippen molar-refractivity contribution in [2.75, 3.05) is 13.2 Å². The molecular weight excluding hydrogens is 376 g/mol. The van der Waals surface area contributed by atoms with Crippen LogP contribution in [0.25, 0.3) is 11.5 Å². The maximum absolute atomic E-state index is 5.84. The molecule has 0 bridgehead atoms. The molecule has 6 nitrogen and oxygen atoms in total. The van der Waals surface area contributed by atoms with Gasteiger partial charge in [0.1, 0.15) is 25.6 Å². The molecule has 0 N–H and O–H groups in total. The number of ether oxygens (including phenoxy) is 3. The van der Waals surface area contributed by atoms with Gasteiger partial charge in [0.2, 0.25) is 12.3 Å². The Kier molecular flexibility index (Phi) is 4.08. The summed E-state index contributed by atoms with van der Waals surface area (Å²) in [6, 6.07) is 11.3. The second kappa shape index (κ2) is 6.52. The Hall–Kier alpha value is -2.54.